The molecule has 6 nitrogen and oxygen atoms in total. The van der Waals surface area contributed by atoms with Gasteiger partial charge in [-0.25, -0.2) is 4.98 Å². The van der Waals surface area contributed by atoms with Crippen LogP contribution in [-0.4, -0.2) is 47.8 Å². The lowest BCUT2D eigenvalue weighted by atomic mass is 10.3. The maximum atomic E-state index is 11.7. The summed E-state index contributed by atoms with van der Waals surface area (Å²) in [4.78, 5) is 15.6. The smallest absolute Gasteiger partial charge is 0.269 e. The third-order valence-electron chi connectivity index (χ3n) is 2.54. The first-order chi connectivity index (χ1) is 7.77. The van der Waals surface area contributed by atoms with Crippen molar-refractivity contribution in [3.05, 3.63) is 18.2 Å². The summed E-state index contributed by atoms with van der Waals surface area (Å²) in [6.45, 7) is 2.89. The number of ether oxygens (including phenoxy) is 1. The maximum absolute atomic E-state index is 11.7. The molecule has 2 heterocycles. The third kappa shape index (κ3) is 2.59. The van der Waals surface area contributed by atoms with Gasteiger partial charge in [-0.2, -0.15) is 0 Å². The number of carbonyl (C=O) groups excluding carboxylic acids is 1. The minimum absolute atomic E-state index is 0.0610. The summed E-state index contributed by atoms with van der Waals surface area (Å²) in [5, 5.41) is 6.04. The number of nitrogens with one attached hydrogen (secondary N) is 2. The van der Waals surface area contributed by atoms with Gasteiger partial charge in [0.25, 0.3) is 5.91 Å². The number of hydrogen-bond donors (Lipinski definition) is 2. The van der Waals surface area contributed by atoms with Crippen LogP contribution in [0.15, 0.2) is 12.5 Å². The highest BCUT2D eigenvalue weighted by atomic mass is 16.5. The zero-order chi connectivity index (χ0) is 11.4. The first-order valence-corrected chi connectivity index (χ1v) is 5.34. The lowest BCUT2D eigenvalue weighted by Crippen LogP contribution is -2.45. The fourth-order valence-electron chi connectivity index (χ4n) is 1.62. The predicted molar refractivity (Wildman–Crippen MR) is 58.2 cm³/mol. The molecule has 1 aliphatic heterocycles. The molecular formula is C10H16N4O2. The molecule has 1 atom stereocenters. The van der Waals surface area contributed by atoms with Crippen molar-refractivity contribution in [2.45, 2.75) is 6.10 Å². The van der Waals surface area contributed by atoms with Crippen molar-refractivity contribution >= 4 is 5.91 Å². The number of carbonyl (C=O) groups is 1. The average molecular weight is 224 g/mol. The van der Waals surface area contributed by atoms with Crippen molar-refractivity contribution in [2.24, 2.45) is 7.05 Å². The van der Waals surface area contributed by atoms with Gasteiger partial charge in [-0.15, -0.1) is 0 Å². The van der Waals surface area contributed by atoms with Crippen molar-refractivity contribution in [2.75, 3.05) is 26.2 Å². The van der Waals surface area contributed by atoms with Crippen LogP contribution in [0.2, 0.25) is 0 Å². The van der Waals surface area contributed by atoms with Crippen LogP contribution in [0.4, 0.5) is 0 Å². The zero-order valence-electron chi connectivity index (χ0n) is 9.27. The molecule has 0 saturated carbocycles. The van der Waals surface area contributed by atoms with E-state index in [1.54, 1.807) is 24.1 Å². The quantitative estimate of drug-likeness (QED) is 0.701. The van der Waals surface area contributed by atoms with Crippen LogP contribution >= 0.6 is 0 Å². The SMILES string of the molecule is Cn1cncc1C(=O)NCC1CNCCO1. The van der Waals surface area contributed by atoms with E-state index in [9.17, 15) is 4.79 Å². The second kappa shape index (κ2) is 5.09. The Labute approximate surface area is 94.0 Å². The Hall–Kier alpha value is -1.40. The standard InChI is InChI=1S/C10H16N4O2/c1-14-7-12-6-9(14)10(15)13-5-8-4-11-2-3-16-8/h6-8,11H,2-5H2,1H3,(H,13,15). The van der Waals surface area contributed by atoms with Crippen LogP contribution in [0, 0.1) is 0 Å². The Kier molecular flexibility index (Phi) is 3.53. The molecular weight excluding hydrogens is 208 g/mol. The molecule has 1 aromatic heterocycles. The van der Waals surface area contributed by atoms with Crippen LogP contribution in [0.25, 0.3) is 0 Å². The highest BCUT2D eigenvalue weighted by molar-refractivity contribution is 5.92. The van der Waals surface area contributed by atoms with Gasteiger partial charge in [-0.05, 0) is 0 Å². The zero-order valence-corrected chi connectivity index (χ0v) is 9.27. The topological polar surface area (TPSA) is 68.2 Å². The number of nitrogens with zero attached hydrogens (tertiary/aromatic N) is 2. The molecule has 16 heavy (non-hydrogen) atoms. The molecule has 1 fully saturated rings. The van der Waals surface area contributed by atoms with Crippen molar-refractivity contribution < 1.29 is 9.53 Å². The summed E-state index contributed by atoms with van der Waals surface area (Å²) in [7, 11) is 1.79. The number of aryl methyl sites for hydroxylation is 1. The van der Waals surface area contributed by atoms with E-state index in [1.807, 2.05) is 0 Å². The normalized spacial score (nSPS) is 20.7. The van der Waals surface area contributed by atoms with Gasteiger partial charge in [0.1, 0.15) is 5.69 Å². The molecule has 0 bridgehead atoms. The van der Waals surface area contributed by atoms with Gasteiger partial charge in [0.15, 0.2) is 0 Å². The molecule has 2 N–H and O–H groups in total. The van der Waals surface area contributed by atoms with Gasteiger partial charge < -0.3 is 19.9 Å². The molecule has 0 spiro atoms. The van der Waals surface area contributed by atoms with Crippen molar-refractivity contribution in [1.29, 1.82) is 0 Å². The first kappa shape index (κ1) is 11.1. The second-order valence-corrected chi connectivity index (χ2v) is 3.80. The molecule has 0 aliphatic carbocycles. The van der Waals surface area contributed by atoms with Gasteiger partial charge in [0, 0.05) is 26.7 Å². The summed E-state index contributed by atoms with van der Waals surface area (Å²) >= 11 is 0. The summed E-state index contributed by atoms with van der Waals surface area (Å²) in [5.41, 5.74) is 0.559. The van der Waals surface area contributed by atoms with E-state index in [2.05, 4.69) is 15.6 Å². The average Bonchev–Trinajstić information content (AvgIpc) is 2.74. The number of hydrogen-bond acceptors (Lipinski definition) is 4. The largest absolute Gasteiger partial charge is 0.374 e. The highest BCUT2D eigenvalue weighted by Gasteiger charge is 2.15. The van der Waals surface area contributed by atoms with E-state index < -0.39 is 0 Å². The van der Waals surface area contributed by atoms with Crippen LogP contribution < -0.4 is 10.6 Å². The van der Waals surface area contributed by atoms with E-state index in [0.29, 0.717) is 18.8 Å². The molecule has 2 rings (SSSR count). The monoisotopic (exact) mass is 224 g/mol. The Morgan fingerprint density at radius 3 is 3.31 bits per heavy atom. The molecule has 1 unspecified atom stereocenters. The second-order valence-electron chi connectivity index (χ2n) is 3.80. The van der Waals surface area contributed by atoms with Crippen molar-refractivity contribution in [1.82, 2.24) is 20.2 Å². The van der Waals surface area contributed by atoms with Gasteiger partial charge >= 0.3 is 0 Å². The Balaban J connectivity index is 1.81. The summed E-state index contributed by atoms with van der Waals surface area (Å²) in [6.07, 6.45) is 3.22. The van der Waals surface area contributed by atoms with E-state index in [-0.39, 0.29) is 12.0 Å². The fourth-order valence-corrected chi connectivity index (χ4v) is 1.62. The number of imidazole rings is 1. The van der Waals surface area contributed by atoms with Crippen LogP contribution in [0.1, 0.15) is 10.5 Å². The number of aromatic nitrogens is 2. The fraction of sp³-hybridized carbons (Fsp3) is 0.600. The Bertz CT molecular complexity index is 357. The molecule has 6 heteroatoms. The molecule has 1 aromatic rings. The lowest BCUT2D eigenvalue weighted by molar-refractivity contribution is 0.0286. The van der Waals surface area contributed by atoms with Gasteiger partial charge in [-0.1, -0.05) is 0 Å². The van der Waals surface area contributed by atoms with Gasteiger partial charge in [0.2, 0.25) is 0 Å². The number of rotatable bonds is 3. The molecule has 88 valence electrons. The molecule has 1 amide bonds. The summed E-state index contributed by atoms with van der Waals surface area (Å²) < 4.78 is 7.17. The molecule has 1 aliphatic rings. The minimum Gasteiger partial charge on any atom is -0.374 e. The molecule has 0 aromatic carbocycles. The molecule has 1 saturated heterocycles. The van der Waals surface area contributed by atoms with Gasteiger partial charge in [0.05, 0.1) is 25.2 Å². The third-order valence-corrected chi connectivity index (χ3v) is 2.54. The van der Waals surface area contributed by atoms with Crippen LogP contribution in [0.3, 0.4) is 0 Å². The number of morpholine rings is 1. The van der Waals surface area contributed by atoms with E-state index in [0.717, 1.165) is 13.1 Å². The molecule has 0 radical (unpaired) electrons. The van der Waals surface area contributed by atoms with Crippen molar-refractivity contribution in [3.63, 3.8) is 0 Å². The van der Waals surface area contributed by atoms with E-state index in [4.69, 9.17) is 4.74 Å². The first-order valence-electron chi connectivity index (χ1n) is 5.34. The van der Waals surface area contributed by atoms with Crippen LogP contribution in [-0.2, 0) is 11.8 Å². The van der Waals surface area contributed by atoms with E-state index in [1.165, 1.54) is 0 Å². The highest BCUT2D eigenvalue weighted by Crippen LogP contribution is 1.98. The van der Waals surface area contributed by atoms with E-state index >= 15 is 0 Å². The maximum Gasteiger partial charge on any atom is 0.269 e. The predicted octanol–water partition coefficient (Wildman–Crippen LogP) is -0.862. The van der Waals surface area contributed by atoms with Crippen LogP contribution in [0.5, 0.6) is 0 Å². The summed E-state index contributed by atoms with van der Waals surface area (Å²) in [6, 6.07) is 0. The minimum atomic E-state index is -0.117. The number of amides is 1. The van der Waals surface area contributed by atoms with Crippen molar-refractivity contribution in [3.8, 4) is 0 Å². The Morgan fingerprint density at radius 1 is 1.81 bits per heavy atom. The lowest BCUT2D eigenvalue weighted by Gasteiger charge is -2.23. The Morgan fingerprint density at radius 2 is 2.69 bits per heavy atom. The van der Waals surface area contributed by atoms with Gasteiger partial charge in [-0.3, -0.25) is 4.79 Å². The summed E-state index contributed by atoms with van der Waals surface area (Å²) in [5.74, 6) is -0.117.